The van der Waals surface area contributed by atoms with Gasteiger partial charge in [0.1, 0.15) is 5.76 Å². The lowest BCUT2D eigenvalue weighted by molar-refractivity contribution is -0.0821. The normalized spacial score (nSPS) is 30.4. The molecule has 0 unspecified atom stereocenters. The Labute approximate surface area is 163 Å². The first-order chi connectivity index (χ1) is 13.5. The van der Waals surface area contributed by atoms with Crippen molar-refractivity contribution in [2.45, 2.75) is 50.6 Å². The molecule has 0 atom stereocenters. The fourth-order valence-corrected chi connectivity index (χ4v) is 6.04. The molecular formula is C20H25N5O3. The minimum Gasteiger partial charge on any atom is -0.454 e. The van der Waals surface area contributed by atoms with E-state index < -0.39 is 11.9 Å². The third kappa shape index (κ3) is 2.96. The van der Waals surface area contributed by atoms with Crippen LogP contribution in [0, 0.1) is 17.8 Å². The van der Waals surface area contributed by atoms with E-state index in [0.29, 0.717) is 30.1 Å². The zero-order valence-electron chi connectivity index (χ0n) is 15.7. The molecule has 0 radical (unpaired) electrons. The number of aromatic nitrogens is 2. The number of primary amides is 1. The van der Waals surface area contributed by atoms with E-state index in [2.05, 4.69) is 10.5 Å². The van der Waals surface area contributed by atoms with Crippen LogP contribution in [0.5, 0.6) is 0 Å². The molecule has 0 aliphatic heterocycles. The number of hydrogen-bond donors (Lipinski definition) is 2. The van der Waals surface area contributed by atoms with E-state index in [4.69, 9.17) is 10.2 Å². The third-order valence-electron chi connectivity index (χ3n) is 6.68. The molecule has 3 N–H and O–H groups in total. The fourth-order valence-electron chi connectivity index (χ4n) is 6.04. The summed E-state index contributed by atoms with van der Waals surface area (Å²) >= 11 is 0. The molecule has 0 aromatic carbocycles. The highest BCUT2D eigenvalue weighted by Crippen LogP contribution is 2.57. The number of rotatable bonds is 4. The SMILES string of the molecule is NC(=O)N(NC(=O)c1ccc(Cn2cccn2)o1)C12CC3CC(CC(C3)C1)C2. The quantitative estimate of drug-likeness (QED) is 0.791. The number of urea groups is 1. The molecule has 4 fully saturated rings. The maximum Gasteiger partial charge on any atom is 0.334 e. The van der Waals surface area contributed by atoms with Gasteiger partial charge in [-0.3, -0.25) is 14.9 Å². The predicted octanol–water partition coefficient (Wildman–Crippen LogP) is 2.52. The Hall–Kier alpha value is -2.77. The Morgan fingerprint density at radius 3 is 2.46 bits per heavy atom. The van der Waals surface area contributed by atoms with Crippen LogP contribution in [0.4, 0.5) is 4.79 Å². The summed E-state index contributed by atoms with van der Waals surface area (Å²) in [5.41, 5.74) is 8.13. The van der Waals surface area contributed by atoms with Crippen molar-refractivity contribution >= 4 is 11.9 Å². The van der Waals surface area contributed by atoms with Crippen LogP contribution in [-0.2, 0) is 6.54 Å². The van der Waals surface area contributed by atoms with Crippen molar-refractivity contribution in [2.24, 2.45) is 23.5 Å². The van der Waals surface area contributed by atoms with Crippen molar-refractivity contribution in [1.29, 1.82) is 0 Å². The average Bonchev–Trinajstić information content (AvgIpc) is 3.30. The second-order valence-corrected chi connectivity index (χ2v) is 8.73. The molecular weight excluding hydrogens is 358 g/mol. The van der Waals surface area contributed by atoms with Gasteiger partial charge in [-0.05, 0) is 74.5 Å². The molecule has 8 heteroatoms. The van der Waals surface area contributed by atoms with Gasteiger partial charge < -0.3 is 10.2 Å². The molecule has 4 aliphatic carbocycles. The van der Waals surface area contributed by atoms with E-state index in [-0.39, 0.29) is 11.3 Å². The van der Waals surface area contributed by atoms with Crippen molar-refractivity contribution in [3.05, 3.63) is 42.1 Å². The lowest BCUT2D eigenvalue weighted by Gasteiger charge is -2.59. The number of amides is 3. The summed E-state index contributed by atoms with van der Waals surface area (Å²) in [7, 11) is 0. The van der Waals surface area contributed by atoms with Gasteiger partial charge in [-0.2, -0.15) is 5.10 Å². The molecule has 6 rings (SSSR count). The van der Waals surface area contributed by atoms with E-state index in [0.717, 1.165) is 19.3 Å². The Morgan fingerprint density at radius 1 is 1.21 bits per heavy atom. The Bertz CT molecular complexity index is 852. The summed E-state index contributed by atoms with van der Waals surface area (Å²) < 4.78 is 7.38. The minimum absolute atomic E-state index is 0.165. The number of carbonyl (C=O) groups is 2. The predicted molar refractivity (Wildman–Crippen MR) is 99.8 cm³/mol. The second kappa shape index (κ2) is 6.39. The summed E-state index contributed by atoms with van der Waals surface area (Å²) in [6.07, 6.45) is 10.0. The van der Waals surface area contributed by atoms with Crippen molar-refractivity contribution in [3.63, 3.8) is 0 Å². The van der Waals surface area contributed by atoms with E-state index >= 15 is 0 Å². The van der Waals surface area contributed by atoms with Crippen LogP contribution in [0.3, 0.4) is 0 Å². The van der Waals surface area contributed by atoms with E-state index in [9.17, 15) is 9.59 Å². The molecule has 148 valence electrons. The first kappa shape index (κ1) is 17.3. The van der Waals surface area contributed by atoms with Crippen molar-refractivity contribution in [3.8, 4) is 0 Å². The number of carbonyl (C=O) groups excluding carboxylic acids is 2. The highest BCUT2D eigenvalue weighted by molar-refractivity contribution is 5.92. The topological polar surface area (TPSA) is 106 Å². The van der Waals surface area contributed by atoms with E-state index in [1.54, 1.807) is 23.0 Å². The average molecular weight is 383 g/mol. The summed E-state index contributed by atoms with van der Waals surface area (Å²) in [6, 6.07) is 4.59. The Kier molecular flexibility index (Phi) is 3.96. The molecule has 0 saturated heterocycles. The van der Waals surface area contributed by atoms with Gasteiger partial charge in [0.05, 0.1) is 12.1 Å². The minimum atomic E-state index is -0.598. The standard InChI is InChI=1S/C20H25N5O3/c21-19(27)25(20-9-13-6-14(10-20)8-15(7-13)11-20)23-18(26)17-3-2-16(28-17)12-24-5-1-4-22-24/h1-5,13-15H,6-12H2,(H2,21,27)(H,23,26). The smallest absolute Gasteiger partial charge is 0.334 e. The number of furan rings is 1. The van der Waals surface area contributed by atoms with Gasteiger partial charge >= 0.3 is 11.9 Å². The van der Waals surface area contributed by atoms with E-state index in [1.165, 1.54) is 24.3 Å². The maximum atomic E-state index is 12.8. The molecule has 4 aliphatic rings. The van der Waals surface area contributed by atoms with Gasteiger partial charge in [0.2, 0.25) is 0 Å². The van der Waals surface area contributed by atoms with Crippen LogP contribution in [0.1, 0.15) is 54.8 Å². The Balaban J connectivity index is 1.33. The monoisotopic (exact) mass is 383 g/mol. The van der Waals surface area contributed by atoms with Gasteiger partial charge in [-0.15, -0.1) is 0 Å². The van der Waals surface area contributed by atoms with Crippen LogP contribution < -0.4 is 11.2 Å². The maximum absolute atomic E-state index is 12.8. The number of nitrogens with two attached hydrogens (primary N) is 1. The summed E-state index contributed by atoms with van der Waals surface area (Å²) in [5, 5.41) is 5.54. The molecule has 4 bridgehead atoms. The molecule has 2 aromatic heterocycles. The van der Waals surface area contributed by atoms with Gasteiger partial charge in [0, 0.05) is 12.4 Å². The fraction of sp³-hybridized carbons (Fsp3) is 0.550. The molecule has 2 aromatic rings. The van der Waals surface area contributed by atoms with Crippen LogP contribution >= 0.6 is 0 Å². The van der Waals surface area contributed by atoms with Gasteiger partial charge in [0.25, 0.3) is 0 Å². The van der Waals surface area contributed by atoms with Gasteiger partial charge in [-0.25, -0.2) is 9.80 Å². The highest BCUT2D eigenvalue weighted by atomic mass is 16.4. The molecule has 4 saturated carbocycles. The lowest BCUT2D eigenvalue weighted by Crippen LogP contribution is -2.67. The van der Waals surface area contributed by atoms with Crippen molar-refractivity contribution in [2.75, 3.05) is 0 Å². The lowest BCUT2D eigenvalue weighted by atomic mass is 9.53. The number of nitrogens with one attached hydrogen (secondary N) is 1. The molecule has 8 nitrogen and oxygen atoms in total. The molecule has 3 amide bonds. The number of hydrogen-bond acceptors (Lipinski definition) is 4. The second-order valence-electron chi connectivity index (χ2n) is 8.73. The van der Waals surface area contributed by atoms with E-state index in [1.807, 2.05) is 12.3 Å². The zero-order valence-corrected chi connectivity index (χ0v) is 15.7. The van der Waals surface area contributed by atoms with Crippen molar-refractivity contribution in [1.82, 2.24) is 20.2 Å². The van der Waals surface area contributed by atoms with Gasteiger partial charge in [0.15, 0.2) is 5.76 Å². The van der Waals surface area contributed by atoms with Crippen LogP contribution in [0.2, 0.25) is 0 Å². The highest BCUT2D eigenvalue weighted by Gasteiger charge is 2.55. The summed E-state index contributed by atoms with van der Waals surface area (Å²) in [5.74, 6) is 2.24. The molecule has 0 spiro atoms. The Morgan fingerprint density at radius 2 is 1.89 bits per heavy atom. The van der Waals surface area contributed by atoms with Crippen LogP contribution in [0.25, 0.3) is 0 Å². The van der Waals surface area contributed by atoms with Crippen LogP contribution in [-0.4, -0.2) is 32.3 Å². The zero-order chi connectivity index (χ0) is 19.3. The third-order valence-corrected chi connectivity index (χ3v) is 6.68. The first-order valence-electron chi connectivity index (χ1n) is 9.97. The van der Waals surface area contributed by atoms with Crippen molar-refractivity contribution < 1.29 is 14.0 Å². The largest absolute Gasteiger partial charge is 0.454 e. The van der Waals surface area contributed by atoms with Crippen LogP contribution in [0.15, 0.2) is 35.0 Å². The number of hydrazine groups is 1. The molecule has 2 heterocycles. The number of nitrogens with zero attached hydrogens (tertiary/aromatic N) is 3. The summed E-state index contributed by atoms with van der Waals surface area (Å²) in [6.45, 7) is 0.439. The summed E-state index contributed by atoms with van der Waals surface area (Å²) in [4.78, 5) is 25.1. The molecule has 28 heavy (non-hydrogen) atoms. The first-order valence-corrected chi connectivity index (χ1v) is 9.97. The van der Waals surface area contributed by atoms with Gasteiger partial charge in [-0.1, -0.05) is 0 Å².